The Morgan fingerprint density at radius 1 is 0.889 bits per heavy atom. The van der Waals surface area contributed by atoms with Crippen LogP contribution in [0.4, 0.5) is 5.69 Å². The van der Waals surface area contributed by atoms with Crippen molar-refractivity contribution in [2.24, 2.45) is 0 Å². The first-order valence-electron chi connectivity index (χ1n) is 16.8. The number of fused-ring (bicyclic) bond motifs is 1. The van der Waals surface area contributed by atoms with Gasteiger partial charge in [0.25, 0.3) is 5.69 Å². The highest BCUT2D eigenvalue weighted by molar-refractivity contribution is 6.34. The van der Waals surface area contributed by atoms with Crippen LogP contribution in [-0.2, 0) is 18.4 Å². The van der Waals surface area contributed by atoms with Crippen LogP contribution >= 0.6 is 11.6 Å². The van der Waals surface area contributed by atoms with Crippen LogP contribution < -0.4 is 4.74 Å². The summed E-state index contributed by atoms with van der Waals surface area (Å²) < 4.78 is 7.67. The number of nitrogens with zero attached hydrogens (tertiary/aromatic N) is 4. The third kappa shape index (κ3) is 10.1. The highest BCUT2D eigenvalue weighted by Gasteiger charge is 2.26. The first kappa shape index (κ1) is 34.5. The molecule has 0 amide bonds. The summed E-state index contributed by atoms with van der Waals surface area (Å²) in [7, 11) is 0. The lowest BCUT2D eigenvalue weighted by atomic mass is 9.92. The average Bonchev–Trinajstić information content (AvgIpc) is 3.57. The quantitative estimate of drug-likeness (QED) is 0.0627. The monoisotopic (exact) mass is 635 g/mol. The smallest absolute Gasteiger partial charge is 0.269 e. The Balaban J connectivity index is 1.29. The van der Waals surface area contributed by atoms with Crippen molar-refractivity contribution < 1.29 is 9.66 Å². The van der Waals surface area contributed by atoms with Gasteiger partial charge < -0.3 is 9.72 Å². The second-order valence-electron chi connectivity index (χ2n) is 13.3. The molecule has 4 aromatic rings. The van der Waals surface area contributed by atoms with E-state index in [-0.39, 0.29) is 17.7 Å². The molecule has 2 aromatic carbocycles. The maximum atomic E-state index is 11.6. The molecule has 0 radical (unpaired) electrons. The predicted molar refractivity (Wildman–Crippen MR) is 183 cm³/mol. The number of ether oxygens (including phenoxy) is 1. The van der Waals surface area contributed by atoms with E-state index in [4.69, 9.17) is 16.3 Å². The molecule has 4 rings (SSSR count). The molecule has 0 aliphatic rings. The number of H-pyrrole nitrogens is 1. The Hall–Kier alpha value is -3.39. The number of non-ortho nitro benzene ring substituents is 1. The molecule has 0 aliphatic carbocycles. The van der Waals surface area contributed by atoms with Crippen LogP contribution in [0.1, 0.15) is 128 Å². The van der Waals surface area contributed by atoms with E-state index in [0.29, 0.717) is 27.6 Å². The van der Waals surface area contributed by atoms with Gasteiger partial charge in [-0.2, -0.15) is 5.10 Å². The molecule has 0 saturated carbocycles. The van der Waals surface area contributed by atoms with Gasteiger partial charge in [-0.25, -0.2) is 0 Å². The number of benzene rings is 2. The zero-order chi connectivity index (χ0) is 32.2. The summed E-state index contributed by atoms with van der Waals surface area (Å²) >= 11 is 6.64. The molecule has 1 N–H and O–H groups in total. The topological polar surface area (TPSA) is 98.3 Å². The van der Waals surface area contributed by atoms with Gasteiger partial charge >= 0.3 is 0 Å². The molecule has 0 saturated heterocycles. The third-order valence-electron chi connectivity index (χ3n) is 8.37. The normalized spacial score (nSPS) is 11.8. The SMILES string of the molecule is CCCCCCCCCCCCCCCc1cccc(OCc2cc([N+](=O)[O-])ccc2-c2nn3nc(C(C)(C)C)c(Cl)c3[nH]2)c1. The van der Waals surface area contributed by atoms with Gasteiger partial charge in [0.15, 0.2) is 11.5 Å². The van der Waals surface area contributed by atoms with Gasteiger partial charge in [0.05, 0.1) is 10.6 Å². The van der Waals surface area contributed by atoms with Crippen molar-refractivity contribution in [1.29, 1.82) is 0 Å². The average molecular weight is 636 g/mol. The second kappa shape index (κ2) is 16.8. The molecule has 0 fully saturated rings. The van der Waals surface area contributed by atoms with Crippen molar-refractivity contribution in [2.75, 3.05) is 0 Å². The largest absolute Gasteiger partial charge is 0.489 e. The highest BCUT2D eigenvalue weighted by Crippen LogP contribution is 2.33. The minimum Gasteiger partial charge on any atom is -0.489 e. The molecular formula is C36H50ClN5O3. The highest BCUT2D eigenvalue weighted by atomic mass is 35.5. The maximum absolute atomic E-state index is 11.6. The summed E-state index contributed by atoms with van der Waals surface area (Å²) in [5, 5.41) is 21.3. The van der Waals surface area contributed by atoms with Crippen LogP contribution in [0, 0.1) is 10.1 Å². The van der Waals surface area contributed by atoms with E-state index in [2.05, 4.69) is 34.2 Å². The fraction of sp³-hybridized carbons (Fsp3) is 0.556. The van der Waals surface area contributed by atoms with E-state index >= 15 is 0 Å². The Bertz CT molecular complexity index is 1520. The van der Waals surface area contributed by atoms with E-state index in [0.717, 1.165) is 24.3 Å². The summed E-state index contributed by atoms with van der Waals surface area (Å²) in [5.74, 6) is 1.26. The van der Waals surface area contributed by atoms with E-state index < -0.39 is 4.92 Å². The maximum Gasteiger partial charge on any atom is 0.269 e. The molecule has 0 unspecified atom stereocenters. The molecule has 0 bridgehead atoms. The fourth-order valence-electron chi connectivity index (χ4n) is 5.74. The standard InChI is InChI=1S/C36H50ClN5O3/c1-5-6-7-8-9-10-11-12-13-14-15-16-17-19-27-20-18-21-30(24-27)45-26-28-25-29(42(43)44)22-23-31(28)34-38-35-32(37)33(36(2,3)4)39-41(35)40-34/h18,20-25H,5-17,19,26H2,1-4H3,(H,38,40). The zero-order valence-corrected chi connectivity index (χ0v) is 28.3. The molecule has 8 nitrogen and oxygen atoms in total. The van der Waals surface area contributed by atoms with E-state index in [9.17, 15) is 10.1 Å². The van der Waals surface area contributed by atoms with Crippen LogP contribution in [0.15, 0.2) is 42.5 Å². The van der Waals surface area contributed by atoms with E-state index in [1.165, 1.54) is 93.3 Å². The van der Waals surface area contributed by atoms with Crippen LogP contribution in [0.25, 0.3) is 17.0 Å². The van der Waals surface area contributed by atoms with Crippen LogP contribution in [0.2, 0.25) is 5.02 Å². The molecule has 0 spiro atoms. The summed E-state index contributed by atoms with van der Waals surface area (Å²) in [6.45, 7) is 8.56. The minimum atomic E-state index is -0.398. The van der Waals surface area contributed by atoms with Gasteiger partial charge in [-0.1, -0.05) is 128 Å². The molecular weight excluding hydrogens is 586 g/mol. The van der Waals surface area contributed by atoms with Crippen LogP contribution in [-0.4, -0.2) is 24.7 Å². The van der Waals surface area contributed by atoms with Crippen molar-refractivity contribution in [3.8, 4) is 17.1 Å². The van der Waals surface area contributed by atoms with Crippen LogP contribution in [0.3, 0.4) is 0 Å². The molecule has 2 heterocycles. The summed E-state index contributed by atoms with van der Waals surface area (Å²) in [6, 6.07) is 12.9. The Labute approximate surface area is 273 Å². The Kier molecular flexibility index (Phi) is 12.9. The number of unbranched alkanes of at least 4 members (excludes halogenated alkanes) is 12. The van der Waals surface area contributed by atoms with Crippen LogP contribution in [0.5, 0.6) is 5.75 Å². The van der Waals surface area contributed by atoms with Gasteiger partial charge in [-0.05, 0) is 36.6 Å². The van der Waals surface area contributed by atoms with E-state index in [1.807, 2.05) is 32.9 Å². The summed E-state index contributed by atoms with van der Waals surface area (Å²) in [6.07, 6.45) is 18.5. The number of hydrogen-bond donors (Lipinski definition) is 1. The molecule has 45 heavy (non-hydrogen) atoms. The lowest BCUT2D eigenvalue weighted by Gasteiger charge is -2.14. The van der Waals surface area contributed by atoms with Crippen molar-refractivity contribution >= 4 is 22.9 Å². The number of nitrogens with one attached hydrogen (secondary N) is 1. The van der Waals surface area contributed by atoms with Gasteiger partial charge in [0, 0.05) is 28.7 Å². The summed E-state index contributed by atoms with van der Waals surface area (Å²) in [4.78, 5) is 14.4. The molecule has 2 aromatic heterocycles. The number of aryl methyl sites for hydroxylation is 1. The summed E-state index contributed by atoms with van der Waals surface area (Å²) in [5.41, 5.74) is 3.68. The number of nitro groups is 1. The molecule has 244 valence electrons. The van der Waals surface area contributed by atoms with Crippen molar-refractivity contribution in [3.05, 3.63) is 74.4 Å². The third-order valence-corrected chi connectivity index (χ3v) is 8.73. The number of aromatic amines is 1. The first-order chi connectivity index (χ1) is 21.7. The molecule has 0 aliphatic heterocycles. The number of rotatable bonds is 19. The Morgan fingerprint density at radius 3 is 2.13 bits per heavy atom. The van der Waals surface area contributed by atoms with Gasteiger partial charge in [-0.3, -0.25) is 10.1 Å². The van der Waals surface area contributed by atoms with Crippen molar-refractivity contribution in [3.63, 3.8) is 0 Å². The number of aromatic nitrogens is 4. The van der Waals surface area contributed by atoms with E-state index in [1.54, 1.807) is 12.1 Å². The van der Waals surface area contributed by atoms with Crippen molar-refractivity contribution in [2.45, 2.75) is 130 Å². The van der Waals surface area contributed by atoms with Gasteiger partial charge in [0.1, 0.15) is 17.4 Å². The van der Waals surface area contributed by atoms with Crippen molar-refractivity contribution in [1.82, 2.24) is 19.8 Å². The fourth-order valence-corrected chi connectivity index (χ4v) is 6.19. The molecule has 9 heteroatoms. The minimum absolute atomic E-state index is 0.00195. The van der Waals surface area contributed by atoms with Gasteiger partial charge in [0.2, 0.25) is 0 Å². The predicted octanol–water partition coefficient (Wildman–Crippen LogP) is 10.8. The zero-order valence-electron chi connectivity index (χ0n) is 27.5. The second-order valence-corrected chi connectivity index (χ2v) is 13.6. The number of hydrogen-bond acceptors (Lipinski definition) is 5. The lowest BCUT2D eigenvalue weighted by molar-refractivity contribution is -0.384. The molecule has 0 atom stereocenters. The lowest BCUT2D eigenvalue weighted by Crippen LogP contribution is -2.13. The number of nitro benzene ring substituents is 1. The van der Waals surface area contributed by atoms with Gasteiger partial charge in [-0.15, -0.1) is 9.73 Å². The first-order valence-corrected chi connectivity index (χ1v) is 17.2. The number of halogens is 1. The Morgan fingerprint density at radius 2 is 1.53 bits per heavy atom.